The molecule has 0 bridgehead atoms. The molecule has 1 aromatic carbocycles. The third-order valence-electron chi connectivity index (χ3n) is 2.20. The summed E-state index contributed by atoms with van der Waals surface area (Å²) in [6.07, 6.45) is 0.884. The molecule has 0 amide bonds. The van der Waals surface area contributed by atoms with E-state index in [9.17, 15) is 0 Å². The Bertz CT molecular complexity index is 357. The number of fused-ring (bicyclic) bond motifs is 1. The lowest BCUT2D eigenvalue weighted by molar-refractivity contribution is 0.161. The summed E-state index contributed by atoms with van der Waals surface area (Å²) in [7, 11) is 0. The minimum absolute atomic E-state index is 0.372. The fourth-order valence-corrected chi connectivity index (χ4v) is 2.05. The van der Waals surface area contributed by atoms with Crippen molar-refractivity contribution in [1.82, 2.24) is 5.48 Å². The lowest BCUT2D eigenvalue weighted by Gasteiger charge is -2.12. The van der Waals surface area contributed by atoms with E-state index < -0.39 is 0 Å². The van der Waals surface area contributed by atoms with Crippen LogP contribution in [-0.2, 0) is 6.54 Å². The van der Waals surface area contributed by atoms with Gasteiger partial charge in [-0.05, 0) is 27.6 Å². The van der Waals surface area contributed by atoms with Crippen molar-refractivity contribution in [2.75, 3.05) is 13.2 Å². The molecule has 0 saturated heterocycles. The van der Waals surface area contributed by atoms with Gasteiger partial charge in [-0.15, -0.1) is 0 Å². The van der Waals surface area contributed by atoms with Crippen molar-refractivity contribution in [1.29, 1.82) is 0 Å². The number of hydrogen-bond donors (Lipinski definition) is 2. The normalized spacial score (nSPS) is 14.8. The Morgan fingerprint density at radius 3 is 2.93 bits per heavy atom. The summed E-state index contributed by atoms with van der Waals surface area (Å²) in [4.78, 5) is 0. The van der Waals surface area contributed by atoms with Gasteiger partial charge < -0.3 is 14.7 Å². The van der Waals surface area contributed by atoms with E-state index in [1.54, 1.807) is 0 Å². The SMILES string of the molecule is ONCc1ccc2c(c1Br)OCCCO2. The molecule has 0 aromatic heterocycles. The molecule has 82 valence electrons. The summed E-state index contributed by atoms with van der Waals surface area (Å²) < 4.78 is 11.9. The van der Waals surface area contributed by atoms with E-state index in [-0.39, 0.29) is 0 Å². The molecule has 0 radical (unpaired) electrons. The molecule has 1 aliphatic heterocycles. The summed E-state index contributed by atoms with van der Waals surface area (Å²) in [5.41, 5.74) is 3.05. The maximum Gasteiger partial charge on any atom is 0.175 e. The molecule has 0 atom stereocenters. The number of nitrogens with one attached hydrogen (secondary N) is 1. The molecule has 1 heterocycles. The van der Waals surface area contributed by atoms with Crippen LogP contribution in [-0.4, -0.2) is 18.4 Å². The number of ether oxygens (including phenoxy) is 2. The predicted molar refractivity (Wildman–Crippen MR) is 58.4 cm³/mol. The van der Waals surface area contributed by atoms with Gasteiger partial charge in [0.05, 0.1) is 17.7 Å². The van der Waals surface area contributed by atoms with E-state index in [1.807, 2.05) is 12.1 Å². The average molecular weight is 274 g/mol. The first-order valence-electron chi connectivity index (χ1n) is 4.77. The van der Waals surface area contributed by atoms with E-state index in [0.717, 1.165) is 28.0 Å². The van der Waals surface area contributed by atoms with Crippen LogP contribution in [0.2, 0.25) is 0 Å². The Morgan fingerprint density at radius 1 is 1.33 bits per heavy atom. The molecule has 2 N–H and O–H groups in total. The van der Waals surface area contributed by atoms with Crippen molar-refractivity contribution < 1.29 is 14.7 Å². The molecule has 4 nitrogen and oxygen atoms in total. The Morgan fingerprint density at radius 2 is 2.13 bits per heavy atom. The molecule has 0 aliphatic carbocycles. The summed E-state index contributed by atoms with van der Waals surface area (Å²) in [5, 5.41) is 8.66. The Labute approximate surface area is 96.3 Å². The smallest absolute Gasteiger partial charge is 0.175 e. The van der Waals surface area contributed by atoms with Crippen molar-refractivity contribution in [3.8, 4) is 11.5 Å². The topological polar surface area (TPSA) is 50.7 Å². The highest BCUT2D eigenvalue weighted by Crippen LogP contribution is 2.39. The summed E-state index contributed by atoms with van der Waals surface area (Å²) in [6, 6.07) is 3.75. The van der Waals surface area contributed by atoms with E-state index in [1.165, 1.54) is 0 Å². The fraction of sp³-hybridized carbons (Fsp3) is 0.400. The van der Waals surface area contributed by atoms with Crippen LogP contribution in [0.4, 0.5) is 0 Å². The highest BCUT2D eigenvalue weighted by Gasteiger charge is 2.16. The van der Waals surface area contributed by atoms with E-state index in [2.05, 4.69) is 21.4 Å². The average Bonchev–Trinajstić information content (AvgIpc) is 2.48. The maximum absolute atomic E-state index is 8.66. The molecule has 1 aliphatic rings. The van der Waals surface area contributed by atoms with Crippen LogP contribution in [0.5, 0.6) is 11.5 Å². The van der Waals surface area contributed by atoms with Crippen molar-refractivity contribution in [3.05, 3.63) is 22.2 Å². The van der Waals surface area contributed by atoms with Crippen molar-refractivity contribution in [2.24, 2.45) is 0 Å². The van der Waals surface area contributed by atoms with Gasteiger partial charge >= 0.3 is 0 Å². The van der Waals surface area contributed by atoms with Gasteiger partial charge in [-0.1, -0.05) is 6.07 Å². The first-order valence-corrected chi connectivity index (χ1v) is 5.56. The number of rotatable bonds is 2. The largest absolute Gasteiger partial charge is 0.490 e. The van der Waals surface area contributed by atoms with Gasteiger partial charge in [0.1, 0.15) is 0 Å². The van der Waals surface area contributed by atoms with Crippen LogP contribution in [0, 0.1) is 0 Å². The zero-order chi connectivity index (χ0) is 10.7. The predicted octanol–water partition coefficient (Wildman–Crippen LogP) is 2.09. The van der Waals surface area contributed by atoms with E-state index in [4.69, 9.17) is 14.7 Å². The van der Waals surface area contributed by atoms with Gasteiger partial charge in [0.25, 0.3) is 0 Å². The zero-order valence-corrected chi connectivity index (χ0v) is 9.71. The molecule has 0 saturated carbocycles. The standard InChI is InChI=1S/C10H12BrNO3/c11-9-7(6-12-13)2-3-8-10(9)15-5-1-4-14-8/h2-3,12-13H,1,4-6H2. The van der Waals surface area contributed by atoms with Gasteiger partial charge in [0.2, 0.25) is 0 Å². The summed E-state index contributed by atoms with van der Waals surface area (Å²) in [5.74, 6) is 1.47. The minimum atomic E-state index is 0.372. The van der Waals surface area contributed by atoms with Crippen LogP contribution < -0.4 is 15.0 Å². The van der Waals surface area contributed by atoms with Gasteiger partial charge in [-0.3, -0.25) is 0 Å². The number of halogens is 1. The zero-order valence-electron chi connectivity index (χ0n) is 8.12. The fourth-order valence-electron chi connectivity index (χ4n) is 1.46. The van der Waals surface area contributed by atoms with Crippen LogP contribution in [0.25, 0.3) is 0 Å². The first-order chi connectivity index (χ1) is 7.33. The third-order valence-corrected chi connectivity index (χ3v) is 3.07. The molecule has 15 heavy (non-hydrogen) atoms. The van der Waals surface area contributed by atoms with E-state index in [0.29, 0.717) is 19.8 Å². The molecule has 5 heteroatoms. The van der Waals surface area contributed by atoms with Crippen molar-refractivity contribution in [2.45, 2.75) is 13.0 Å². The second-order valence-electron chi connectivity index (χ2n) is 3.25. The molecule has 2 rings (SSSR count). The number of hydrogen-bond acceptors (Lipinski definition) is 4. The Balaban J connectivity index is 2.36. The Kier molecular flexibility index (Phi) is 3.45. The van der Waals surface area contributed by atoms with Gasteiger partial charge in [-0.2, -0.15) is 0 Å². The molecular formula is C10H12BrNO3. The van der Waals surface area contributed by atoms with Crippen LogP contribution in [0.15, 0.2) is 16.6 Å². The Hall–Kier alpha value is -0.780. The second-order valence-corrected chi connectivity index (χ2v) is 4.04. The first kappa shape index (κ1) is 10.7. The summed E-state index contributed by atoms with van der Waals surface area (Å²) in [6.45, 7) is 1.70. The molecule has 1 aromatic rings. The maximum atomic E-state index is 8.66. The number of hydroxylamine groups is 1. The quantitative estimate of drug-likeness (QED) is 0.811. The van der Waals surface area contributed by atoms with Gasteiger partial charge in [-0.25, -0.2) is 5.48 Å². The highest BCUT2D eigenvalue weighted by molar-refractivity contribution is 9.10. The molecule has 0 fully saturated rings. The molecule has 0 spiro atoms. The van der Waals surface area contributed by atoms with Gasteiger partial charge in [0, 0.05) is 13.0 Å². The van der Waals surface area contributed by atoms with Crippen LogP contribution >= 0.6 is 15.9 Å². The lowest BCUT2D eigenvalue weighted by Crippen LogP contribution is -2.07. The van der Waals surface area contributed by atoms with Crippen molar-refractivity contribution >= 4 is 15.9 Å². The monoisotopic (exact) mass is 273 g/mol. The molecule has 0 unspecified atom stereocenters. The van der Waals surface area contributed by atoms with Crippen LogP contribution in [0.3, 0.4) is 0 Å². The summed E-state index contributed by atoms with van der Waals surface area (Å²) >= 11 is 3.45. The second kappa shape index (κ2) is 4.83. The van der Waals surface area contributed by atoms with Crippen molar-refractivity contribution in [3.63, 3.8) is 0 Å². The third kappa shape index (κ3) is 2.25. The number of benzene rings is 1. The van der Waals surface area contributed by atoms with Crippen LogP contribution in [0.1, 0.15) is 12.0 Å². The van der Waals surface area contributed by atoms with E-state index >= 15 is 0 Å². The molecular weight excluding hydrogens is 262 g/mol. The lowest BCUT2D eigenvalue weighted by atomic mass is 10.2. The van der Waals surface area contributed by atoms with Gasteiger partial charge in [0.15, 0.2) is 11.5 Å². The highest BCUT2D eigenvalue weighted by atomic mass is 79.9. The minimum Gasteiger partial charge on any atom is -0.490 e.